The molecular formula is C20H16ClN3O. The van der Waals surface area contributed by atoms with Crippen LogP contribution in [0.2, 0.25) is 5.02 Å². The predicted octanol–water partition coefficient (Wildman–Crippen LogP) is 4.63. The van der Waals surface area contributed by atoms with Gasteiger partial charge in [-0.15, -0.1) is 0 Å². The van der Waals surface area contributed by atoms with Gasteiger partial charge in [0.1, 0.15) is 5.65 Å². The molecule has 4 rings (SSSR count). The number of aryl methyl sites for hydroxylation is 2. The van der Waals surface area contributed by atoms with Crippen molar-refractivity contribution >= 4 is 17.2 Å². The summed E-state index contributed by atoms with van der Waals surface area (Å²) in [5.41, 5.74) is 6.11. The summed E-state index contributed by atoms with van der Waals surface area (Å²) < 4.78 is 1.81. The Morgan fingerprint density at radius 1 is 1.04 bits per heavy atom. The van der Waals surface area contributed by atoms with Gasteiger partial charge in [0.25, 0.3) is 5.56 Å². The van der Waals surface area contributed by atoms with Crippen LogP contribution >= 0.6 is 11.6 Å². The van der Waals surface area contributed by atoms with Crippen LogP contribution in [0.5, 0.6) is 0 Å². The van der Waals surface area contributed by atoms with Gasteiger partial charge in [-0.2, -0.15) is 5.10 Å². The summed E-state index contributed by atoms with van der Waals surface area (Å²) in [4.78, 5) is 15.3. The maximum Gasteiger partial charge on any atom is 0.251 e. The standard InChI is InChI=1S/C20H16ClN3O/c1-12-5-3-4-6-16(12)17-11-18(25)22-20-19(13(2)23-24(17)20)14-7-9-15(21)10-8-14/h3-11H,1-2H3,(H,22,25). The van der Waals surface area contributed by atoms with E-state index >= 15 is 0 Å². The van der Waals surface area contributed by atoms with E-state index in [1.807, 2.05) is 66.9 Å². The Kier molecular flexibility index (Phi) is 3.70. The van der Waals surface area contributed by atoms with Crippen LogP contribution in [0.25, 0.3) is 28.0 Å². The molecule has 0 aliphatic rings. The number of fused-ring (bicyclic) bond motifs is 1. The minimum atomic E-state index is -0.152. The maximum absolute atomic E-state index is 12.3. The summed E-state index contributed by atoms with van der Waals surface area (Å²) in [6.07, 6.45) is 0. The Labute approximate surface area is 149 Å². The molecule has 0 aliphatic heterocycles. The smallest absolute Gasteiger partial charge is 0.251 e. The highest BCUT2D eigenvalue weighted by molar-refractivity contribution is 6.30. The molecular weight excluding hydrogens is 334 g/mol. The lowest BCUT2D eigenvalue weighted by Crippen LogP contribution is -2.10. The summed E-state index contributed by atoms with van der Waals surface area (Å²) in [7, 11) is 0. The molecule has 0 saturated carbocycles. The molecule has 25 heavy (non-hydrogen) atoms. The van der Waals surface area contributed by atoms with E-state index in [0.29, 0.717) is 10.7 Å². The van der Waals surface area contributed by atoms with Gasteiger partial charge in [-0.05, 0) is 37.1 Å². The van der Waals surface area contributed by atoms with Crippen molar-refractivity contribution < 1.29 is 0 Å². The van der Waals surface area contributed by atoms with Crippen molar-refractivity contribution in [2.45, 2.75) is 13.8 Å². The average Bonchev–Trinajstić information content (AvgIpc) is 2.91. The van der Waals surface area contributed by atoms with Crippen molar-refractivity contribution in [3.05, 3.63) is 81.2 Å². The van der Waals surface area contributed by atoms with E-state index in [-0.39, 0.29) is 5.56 Å². The maximum atomic E-state index is 12.3. The lowest BCUT2D eigenvalue weighted by Gasteiger charge is -2.08. The topological polar surface area (TPSA) is 50.2 Å². The Balaban J connectivity index is 2.06. The molecule has 5 heteroatoms. The molecule has 4 nitrogen and oxygen atoms in total. The van der Waals surface area contributed by atoms with Crippen LogP contribution in [0.3, 0.4) is 0 Å². The monoisotopic (exact) mass is 349 g/mol. The molecule has 2 heterocycles. The molecule has 4 aromatic rings. The molecule has 0 atom stereocenters. The quantitative estimate of drug-likeness (QED) is 0.573. The van der Waals surface area contributed by atoms with Gasteiger partial charge < -0.3 is 4.98 Å². The van der Waals surface area contributed by atoms with Gasteiger partial charge in [0.15, 0.2) is 0 Å². The van der Waals surface area contributed by atoms with Crippen LogP contribution in [0.15, 0.2) is 59.4 Å². The van der Waals surface area contributed by atoms with Gasteiger partial charge in [-0.3, -0.25) is 4.79 Å². The molecule has 0 radical (unpaired) electrons. The van der Waals surface area contributed by atoms with Crippen molar-refractivity contribution in [1.29, 1.82) is 0 Å². The third-order valence-electron chi connectivity index (χ3n) is 4.35. The van der Waals surface area contributed by atoms with E-state index in [9.17, 15) is 4.79 Å². The first-order valence-corrected chi connectivity index (χ1v) is 8.37. The second-order valence-corrected chi connectivity index (χ2v) is 6.50. The van der Waals surface area contributed by atoms with Crippen molar-refractivity contribution in [2.24, 2.45) is 0 Å². The SMILES string of the molecule is Cc1ccccc1-c1cc(=O)[nH]c2c(-c3ccc(Cl)cc3)c(C)nn12. The van der Waals surface area contributed by atoms with Crippen LogP contribution in [0.1, 0.15) is 11.3 Å². The zero-order valence-corrected chi connectivity index (χ0v) is 14.6. The number of aromatic amines is 1. The molecule has 0 unspecified atom stereocenters. The minimum absolute atomic E-state index is 0.152. The van der Waals surface area contributed by atoms with Crippen LogP contribution in [0, 0.1) is 13.8 Å². The summed E-state index contributed by atoms with van der Waals surface area (Å²) >= 11 is 6.00. The van der Waals surface area contributed by atoms with Crippen LogP contribution in [0.4, 0.5) is 0 Å². The molecule has 0 aliphatic carbocycles. The lowest BCUT2D eigenvalue weighted by molar-refractivity contribution is 0.917. The fourth-order valence-corrected chi connectivity index (χ4v) is 3.30. The van der Waals surface area contributed by atoms with Crippen molar-refractivity contribution in [3.8, 4) is 22.4 Å². The minimum Gasteiger partial charge on any atom is -0.306 e. The highest BCUT2D eigenvalue weighted by Gasteiger charge is 2.16. The van der Waals surface area contributed by atoms with Crippen molar-refractivity contribution in [2.75, 3.05) is 0 Å². The molecule has 1 N–H and O–H groups in total. The summed E-state index contributed by atoms with van der Waals surface area (Å²) in [5, 5.41) is 5.36. The summed E-state index contributed by atoms with van der Waals surface area (Å²) in [5.74, 6) is 0. The zero-order chi connectivity index (χ0) is 17.6. The van der Waals surface area contributed by atoms with Gasteiger partial charge in [0.2, 0.25) is 0 Å². The number of benzene rings is 2. The number of nitrogens with zero attached hydrogens (tertiary/aromatic N) is 2. The molecule has 0 spiro atoms. The molecule has 0 fully saturated rings. The molecule has 0 amide bonds. The van der Waals surface area contributed by atoms with E-state index in [1.54, 1.807) is 6.07 Å². The van der Waals surface area contributed by atoms with Crippen LogP contribution in [-0.2, 0) is 0 Å². The zero-order valence-electron chi connectivity index (χ0n) is 13.9. The lowest BCUT2D eigenvalue weighted by atomic mass is 10.0. The Morgan fingerprint density at radius 2 is 1.76 bits per heavy atom. The first-order valence-electron chi connectivity index (χ1n) is 7.99. The number of aromatic nitrogens is 3. The predicted molar refractivity (Wildman–Crippen MR) is 101 cm³/mol. The van der Waals surface area contributed by atoms with Crippen LogP contribution in [-0.4, -0.2) is 14.6 Å². The third kappa shape index (κ3) is 2.65. The Hall–Kier alpha value is -2.85. The molecule has 2 aromatic heterocycles. The fourth-order valence-electron chi connectivity index (χ4n) is 3.17. The average molecular weight is 350 g/mol. The van der Waals surface area contributed by atoms with Crippen LogP contribution < -0.4 is 5.56 Å². The second kappa shape index (κ2) is 5.90. The van der Waals surface area contributed by atoms with Gasteiger partial charge in [0, 0.05) is 22.2 Å². The van der Waals surface area contributed by atoms with Gasteiger partial charge in [-0.1, -0.05) is 48.0 Å². The van der Waals surface area contributed by atoms with E-state index < -0.39 is 0 Å². The second-order valence-electron chi connectivity index (χ2n) is 6.06. The number of hydrogen-bond donors (Lipinski definition) is 1. The number of nitrogens with one attached hydrogen (secondary N) is 1. The molecule has 0 saturated heterocycles. The van der Waals surface area contributed by atoms with E-state index in [1.165, 1.54) is 0 Å². The van der Waals surface area contributed by atoms with Crippen molar-refractivity contribution in [1.82, 2.24) is 14.6 Å². The number of halogens is 1. The molecule has 124 valence electrons. The normalized spacial score (nSPS) is 11.2. The van der Waals surface area contributed by atoms with Gasteiger partial charge in [0.05, 0.1) is 11.4 Å². The number of rotatable bonds is 2. The highest BCUT2D eigenvalue weighted by atomic mass is 35.5. The largest absolute Gasteiger partial charge is 0.306 e. The molecule has 2 aromatic carbocycles. The number of hydrogen-bond acceptors (Lipinski definition) is 2. The third-order valence-corrected chi connectivity index (χ3v) is 4.60. The Bertz CT molecular complexity index is 1140. The van der Waals surface area contributed by atoms with E-state index in [0.717, 1.165) is 33.6 Å². The van der Waals surface area contributed by atoms with E-state index in [4.69, 9.17) is 11.6 Å². The van der Waals surface area contributed by atoms with Gasteiger partial charge in [-0.25, -0.2) is 4.52 Å². The fraction of sp³-hybridized carbons (Fsp3) is 0.100. The van der Waals surface area contributed by atoms with Crippen molar-refractivity contribution in [3.63, 3.8) is 0 Å². The number of H-pyrrole nitrogens is 1. The Morgan fingerprint density at radius 3 is 2.48 bits per heavy atom. The van der Waals surface area contributed by atoms with E-state index in [2.05, 4.69) is 10.1 Å². The highest BCUT2D eigenvalue weighted by Crippen LogP contribution is 2.30. The molecule has 0 bridgehead atoms. The first kappa shape index (κ1) is 15.7. The summed E-state index contributed by atoms with van der Waals surface area (Å²) in [6.45, 7) is 3.97. The summed E-state index contributed by atoms with van der Waals surface area (Å²) in [6, 6.07) is 17.1. The van der Waals surface area contributed by atoms with Gasteiger partial charge >= 0.3 is 0 Å². The first-order chi connectivity index (χ1) is 12.0.